The molecule has 3 rings (SSSR count). The summed E-state index contributed by atoms with van der Waals surface area (Å²) in [6.45, 7) is 2.29. The summed E-state index contributed by atoms with van der Waals surface area (Å²) in [5.74, 6) is -1.42. The third-order valence-corrected chi connectivity index (χ3v) is 6.70. The van der Waals surface area contributed by atoms with E-state index < -0.39 is 20.6 Å². The number of aliphatic carboxylic acids is 1. The molecule has 0 atom stereocenters. The van der Waals surface area contributed by atoms with Gasteiger partial charge < -0.3 is 9.63 Å². The van der Waals surface area contributed by atoms with Crippen LogP contribution in [-0.4, -0.2) is 29.4 Å². The maximum atomic E-state index is 12.6. The fourth-order valence-electron chi connectivity index (χ4n) is 2.31. The first-order chi connectivity index (χ1) is 11.6. The second-order valence-electron chi connectivity index (χ2n) is 6.01. The van der Waals surface area contributed by atoms with Gasteiger partial charge in [-0.3, -0.25) is 4.79 Å². The van der Waals surface area contributed by atoms with E-state index in [-0.39, 0.29) is 10.5 Å². The number of benzene rings is 2. The molecule has 0 unspecified atom stereocenters. The van der Waals surface area contributed by atoms with Crippen LogP contribution in [0.2, 0.25) is 5.02 Å². The van der Waals surface area contributed by atoms with Crippen molar-refractivity contribution >= 4 is 38.4 Å². The van der Waals surface area contributed by atoms with Crippen LogP contribution in [0.25, 0.3) is 22.2 Å². The van der Waals surface area contributed by atoms with Gasteiger partial charge in [0, 0.05) is 22.0 Å². The third-order valence-electron chi connectivity index (χ3n) is 4.06. The van der Waals surface area contributed by atoms with Gasteiger partial charge in [-0.15, -0.1) is 0 Å². The van der Waals surface area contributed by atoms with Crippen LogP contribution in [-0.2, 0) is 14.6 Å². The van der Waals surface area contributed by atoms with E-state index in [0.717, 1.165) is 19.4 Å². The minimum absolute atomic E-state index is 0.133. The van der Waals surface area contributed by atoms with Crippen molar-refractivity contribution < 1.29 is 22.8 Å². The Morgan fingerprint density at radius 1 is 1.16 bits per heavy atom. The van der Waals surface area contributed by atoms with Crippen LogP contribution in [0.15, 0.2) is 51.9 Å². The number of halogens is 1. The first-order valence-electron chi connectivity index (χ1n) is 7.28. The lowest BCUT2D eigenvalue weighted by atomic mass is 10.1. The predicted molar refractivity (Wildman–Crippen MR) is 93.4 cm³/mol. The zero-order chi connectivity index (χ0) is 18.4. The number of carbonyl (C=O) groups is 1. The molecule has 0 aliphatic rings. The molecular formula is C17H14ClNO5S. The van der Waals surface area contributed by atoms with Crippen molar-refractivity contribution in [3.63, 3.8) is 0 Å². The number of hydrogen-bond donors (Lipinski definition) is 1. The first kappa shape index (κ1) is 17.4. The Hall–Kier alpha value is -2.38. The number of rotatable bonds is 4. The highest BCUT2D eigenvalue weighted by Crippen LogP contribution is 2.33. The number of aromatic nitrogens is 1. The molecule has 0 radical (unpaired) electrons. The molecule has 0 spiro atoms. The van der Waals surface area contributed by atoms with Crippen LogP contribution in [0.1, 0.15) is 13.8 Å². The van der Waals surface area contributed by atoms with E-state index in [4.69, 9.17) is 16.1 Å². The van der Waals surface area contributed by atoms with Gasteiger partial charge in [-0.25, -0.2) is 8.42 Å². The topological polar surface area (TPSA) is 97.5 Å². The van der Waals surface area contributed by atoms with Gasteiger partial charge in [0.15, 0.2) is 20.2 Å². The number of carboxylic acid groups (broad SMARTS) is 1. The van der Waals surface area contributed by atoms with E-state index in [0.29, 0.717) is 16.1 Å². The van der Waals surface area contributed by atoms with Crippen molar-refractivity contribution in [2.24, 2.45) is 0 Å². The zero-order valence-corrected chi connectivity index (χ0v) is 14.9. The summed E-state index contributed by atoms with van der Waals surface area (Å²) >= 11 is 5.87. The minimum atomic E-state index is -4.09. The quantitative estimate of drug-likeness (QED) is 0.740. The molecule has 0 aliphatic heterocycles. The van der Waals surface area contributed by atoms with Gasteiger partial charge in [0.2, 0.25) is 0 Å². The molecule has 0 fully saturated rings. The van der Waals surface area contributed by atoms with E-state index in [1.165, 1.54) is 12.1 Å². The smallest absolute Gasteiger partial charge is 0.324 e. The molecule has 0 saturated carbocycles. The fourth-order valence-corrected chi connectivity index (χ4v) is 3.77. The maximum absolute atomic E-state index is 12.6. The second kappa shape index (κ2) is 5.86. The summed E-state index contributed by atoms with van der Waals surface area (Å²) in [6.07, 6.45) is 0. The molecule has 8 heteroatoms. The van der Waals surface area contributed by atoms with Gasteiger partial charge in [-0.2, -0.15) is 0 Å². The molecule has 2 aromatic carbocycles. The van der Waals surface area contributed by atoms with Gasteiger partial charge in [-0.05, 0) is 38.1 Å². The molecule has 25 heavy (non-hydrogen) atoms. The van der Waals surface area contributed by atoms with Gasteiger partial charge in [0.05, 0.1) is 4.90 Å². The Kier molecular flexibility index (Phi) is 4.09. The number of nitrogens with zero attached hydrogens (tertiary/aromatic N) is 1. The highest BCUT2D eigenvalue weighted by molar-refractivity contribution is 7.93. The summed E-state index contributed by atoms with van der Waals surface area (Å²) in [6, 6.07) is 11.2. The number of carboxylic acids is 1. The van der Waals surface area contributed by atoms with Crippen LogP contribution < -0.4 is 0 Å². The number of sulfone groups is 1. The lowest BCUT2D eigenvalue weighted by molar-refractivity contribution is -0.139. The Morgan fingerprint density at radius 2 is 1.80 bits per heavy atom. The van der Waals surface area contributed by atoms with Gasteiger partial charge in [0.1, 0.15) is 5.69 Å². The Balaban J connectivity index is 2.12. The van der Waals surface area contributed by atoms with E-state index >= 15 is 0 Å². The van der Waals surface area contributed by atoms with Crippen LogP contribution in [0.3, 0.4) is 0 Å². The number of hydrogen-bond acceptors (Lipinski definition) is 5. The lowest BCUT2D eigenvalue weighted by Crippen LogP contribution is -2.40. The van der Waals surface area contributed by atoms with Crippen molar-refractivity contribution in [2.45, 2.75) is 23.5 Å². The monoisotopic (exact) mass is 379 g/mol. The average molecular weight is 380 g/mol. The van der Waals surface area contributed by atoms with Crippen LogP contribution >= 0.6 is 11.6 Å². The molecule has 1 N–H and O–H groups in total. The third kappa shape index (κ3) is 2.79. The van der Waals surface area contributed by atoms with E-state index in [1.54, 1.807) is 30.3 Å². The maximum Gasteiger partial charge on any atom is 0.324 e. The van der Waals surface area contributed by atoms with Crippen molar-refractivity contribution in [3.8, 4) is 11.3 Å². The van der Waals surface area contributed by atoms with E-state index in [2.05, 4.69) is 5.16 Å². The van der Waals surface area contributed by atoms with Gasteiger partial charge in [-0.1, -0.05) is 28.9 Å². The molecule has 0 bridgehead atoms. The molecule has 0 aliphatic carbocycles. The Morgan fingerprint density at radius 3 is 2.40 bits per heavy atom. The molecular weight excluding hydrogens is 366 g/mol. The fraction of sp³-hybridized carbons (Fsp3) is 0.176. The molecule has 3 aromatic rings. The Labute approximate surface area is 148 Å². The van der Waals surface area contributed by atoms with Crippen LogP contribution in [0.4, 0.5) is 0 Å². The van der Waals surface area contributed by atoms with Gasteiger partial charge >= 0.3 is 5.97 Å². The minimum Gasteiger partial charge on any atom is -0.480 e. The standard InChI is InChI=1S/C17H14ClNO5S/c1-17(2,16(20)21)25(22,23)12-7-8-13-14(9-12)24-19-15(13)10-3-5-11(18)6-4-10/h3-9H,1-2H3,(H,20,21). The average Bonchev–Trinajstić information content (AvgIpc) is 2.98. The summed E-state index contributed by atoms with van der Waals surface area (Å²) in [7, 11) is -4.09. The Bertz CT molecular complexity index is 1070. The van der Waals surface area contributed by atoms with Crippen LogP contribution in [0.5, 0.6) is 0 Å². The first-order valence-corrected chi connectivity index (χ1v) is 9.14. The molecule has 130 valence electrons. The SMILES string of the molecule is CC(C)(C(=O)O)S(=O)(=O)c1ccc2c(-c3ccc(Cl)cc3)noc2c1. The van der Waals surface area contributed by atoms with E-state index in [9.17, 15) is 18.3 Å². The zero-order valence-electron chi connectivity index (χ0n) is 13.4. The summed E-state index contributed by atoms with van der Waals surface area (Å²) in [5.41, 5.74) is 1.57. The number of fused-ring (bicyclic) bond motifs is 1. The normalized spacial score (nSPS) is 12.4. The van der Waals surface area contributed by atoms with E-state index in [1.807, 2.05) is 0 Å². The molecule has 6 nitrogen and oxygen atoms in total. The molecule has 1 heterocycles. The highest BCUT2D eigenvalue weighted by atomic mass is 35.5. The van der Waals surface area contributed by atoms with Crippen LogP contribution in [0, 0.1) is 0 Å². The van der Waals surface area contributed by atoms with Crippen molar-refractivity contribution in [3.05, 3.63) is 47.5 Å². The second-order valence-corrected chi connectivity index (χ2v) is 8.95. The molecule has 0 saturated heterocycles. The predicted octanol–water partition coefficient (Wildman–Crippen LogP) is 3.79. The molecule has 0 amide bonds. The molecule has 1 aromatic heterocycles. The largest absolute Gasteiger partial charge is 0.480 e. The highest BCUT2D eigenvalue weighted by Gasteiger charge is 2.43. The lowest BCUT2D eigenvalue weighted by Gasteiger charge is -2.19. The summed E-state index contributed by atoms with van der Waals surface area (Å²) in [4.78, 5) is 11.2. The van der Waals surface area contributed by atoms with Crippen molar-refractivity contribution in [1.29, 1.82) is 0 Å². The summed E-state index contributed by atoms with van der Waals surface area (Å²) in [5, 5.41) is 14.4. The summed E-state index contributed by atoms with van der Waals surface area (Å²) < 4.78 is 28.5. The van der Waals surface area contributed by atoms with Crippen molar-refractivity contribution in [1.82, 2.24) is 5.16 Å². The van der Waals surface area contributed by atoms with Crippen molar-refractivity contribution in [2.75, 3.05) is 0 Å². The van der Waals surface area contributed by atoms with Gasteiger partial charge in [0.25, 0.3) is 0 Å².